The van der Waals surface area contributed by atoms with Crippen LogP contribution in [0.1, 0.15) is 47.3 Å². The SMILES string of the molecule is COc1ccc(CCC[N+]2(CCc3ccccc3)CCCC(CC(=O)c3nc(Cl)c(N)nc3N)C2)cc1. The van der Waals surface area contributed by atoms with E-state index in [4.69, 9.17) is 27.8 Å². The van der Waals surface area contributed by atoms with Gasteiger partial charge in [0.05, 0.1) is 33.3 Å². The predicted octanol–water partition coefficient (Wildman–Crippen LogP) is 4.98. The summed E-state index contributed by atoms with van der Waals surface area (Å²) in [5.74, 6) is 1.12. The van der Waals surface area contributed by atoms with E-state index in [0.717, 1.165) is 68.5 Å². The highest BCUT2D eigenvalue weighted by Crippen LogP contribution is 2.29. The lowest BCUT2D eigenvalue weighted by molar-refractivity contribution is -0.935. The molecule has 4 N–H and O–H groups in total. The smallest absolute Gasteiger partial charge is 0.185 e. The Morgan fingerprint density at radius 3 is 2.46 bits per heavy atom. The lowest BCUT2D eigenvalue weighted by Gasteiger charge is -2.45. The molecule has 1 saturated heterocycles. The number of aryl methyl sites for hydroxylation is 1. The van der Waals surface area contributed by atoms with Gasteiger partial charge in [-0.2, -0.15) is 0 Å². The van der Waals surface area contributed by atoms with Crippen molar-refractivity contribution in [1.29, 1.82) is 0 Å². The number of hydrogen-bond acceptors (Lipinski definition) is 6. The van der Waals surface area contributed by atoms with Crippen LogP contribution in [-0.2, 0) is 12.8 Å². The second-order valence-corrected chi connectivity index (χ2v) is 10.5. The summed E-state index contributed by atoms with van der Waals surface area (Å²) >= 11 is 6.03. The minimum Gasteiger partial charge on any atom is -0.497 e. The predicted molar refractivity (Wildman–Crippen MR) is 149 cm³/mol. The Balaban J connectivity index is 1.45. The average Bonchev–Trinajstić information content (AvgIpc) is 2.91. The molecule has 0 spiro atoms. The van der Waals surface area contributed by atoms with Gasteiger partial charge >= 0.3 is 0 Å². The molecule has 1 aliphatic rings. The lowest BCUT2D eigenvalue weighted by Crippen LogP contribution is -2.56. The summed E-state index contributed by atoms with van der Waals surface area (Å²) in [5.41, 5.74) is 14.4. The maximum absolute atomic E-state index is 13.1. The number of likely N-dealkylation sites (tertiary alicyclic amines) is 1. The molecular weight excluding hydrogens is 486 g/mol. The van der Waals surface area contributed by atoms with Crippen LogP contribution in [0.3, 0.4) is 0 Å². The van der Waals surface area contributed by atoms with Crippen LogP contribution in [0, 0.1) is 5.92 Å². The Bertz CT molecular complexity index is 1190. The molecule has 1 aliphatic heterocycles. The zero-order valence-corrected chi connectivity index (χ0v) is 22.3. The van der Waals surface area contributed by atoms with E-state index in [2.05, 4.69) is 52.4 Å². The molecule has 2 aromatic carbocycles. The van der Waals surface area contributed by atoms with Crippen molar-refractivity contribution in [2.24, 2.45) is 5.92 Å². The Morgan fingerprint density at radius 1 is 1.00 bits per heavy atom. The second kappa shape index (κ2) is 12.4. The number of quaternary nitrogens is 1. The standard InChI is InChI=1S/C29H36ClN5O2/c1-37-24-13-11-22(12-14-24)9-5-16-35(18-15-21-7-3-2-4-8-21)17-6-10-23(20-35)19-25(36)26-28(31)34-29(32)27(30)33-26/h2-4,7-8,11-14,23H,5-6,9-10,15-20H2,1H3,(H3-,31,32,34,36)/p+1. The molecule has 8 heteroatoms. The van der Waals surface area contributed by atoms with Crippen LogP contribution in [0.15, 0.2) is 54.6 Å². The van der Waals surface area contributed by atoms with E-state index in [-0.39, 0.29) is 34.2 Å². The first kappa shape index (κ1) is 26.9. The second-order valence-electron chi connectivity index (χ2n) is 10.2. The van der Waals surface area contributed by atoms with Crippen molar-refractivity contribution in [1.82, 2.24) is 9.97 Å². The molecule has 2 heterocycles. The Hall–Kier alpha value is -3.16. The average molecular weight is 523 g/mol. The fraction of sp³-hybridized carbons (Fsp3) is 0.414. The first-order valence-corrected chi connectivity index (χ1v) is 13.4. The third kappa shape index (κ3) is 7.21. The minimum absolute atomic E-state index is 0.0210. The normalized spacial score (nSPS) is 19.5. The highest BCUT2D eigenvalue weighted by molar-refractivity contribution is 6.31. The van der Waals surface area contributed by atoms with Crippen molar-refractivity contribution in [3.63, 3.8) is 0 Å². The maximum atomic E-state index is 13.1. The Labute approximate surface area is 224 Å². The van der Waals surface area contributed by atoms with Gasteiger partial charge in [-0.3, -0.25) is 4.79 Å². The number of nitrogens with zero attached hydrogens (tertiary/aromatic N) is 3. The Morgan fingerprint density at radius 2 is 1.73 bits per heavy atom. The van der Waals surface area contributed by atoms with Crippen LogP contribution >= 0.6 is 11.6 Å². The zero-order chi connectivity index (χ0) is 26.3. The van der Waals surface area contributed by atoms with E-state index >= 15 is 0 Å². The monoisotopic (exact) mass is 522 g/mol. The third-order valence-electron chi connectivity index (χ3n) is 7.51. The quantitative estimate of drug-likeness (QED) is 0.272. The van der Waals surface area contributed by atoms with Crippen molar-refractivity contribution in [3.8, 4) is 5.75 Å². The third-order valence-corrected chi connectivity index (χ3v) is 7.79. The summed E-state index contributed by atoms with van der Waals surface area (Å²) in [7, 11) is 1.69. The number of Topliss-reactive ketones (excluding diaryl/α,β-unsaturated/α-hetero) is 1. The number of carbonyl (C=O) groups excluding carboxylic acids is 1. The topological polar surface area (TPSA) is 104 Å². The number of halogens is 1. The molecule has 37 heavy (non-hydrogen) atoms. The number of ketones is 1. The summed E-state index contributed by atoms with van der Waals surface area (Å²) in [6.07, 6.45) is 5.65. The van der Waals surface area contributed by atoms with Crippen molar-refractivity contribution < 1.29 is 14.0 Å². The van der Waals surface area contributed by atoms with Gasteiger partial charge in [0.2, 0.25) is 0 Å². The molecule has 196 valence electrons. The number of piperidine rings is 1. The van der Waals surface area contributed by atoms with E-state index in [0.29, 0.717) is 6.42 Å². The minimum atomic E-state index is -0.113. The molecule has 2 atom stereocenters. The van der Waals surface area contributed by atoms with Gasteiger partial charge < -0.3 is 20.7 Å². The molecule has 1 aromatic heterocycles. The van der Waals surface area contributed by atoms with Crippen LogP contribution in [0.2, 0.25) is 5.15 Å². The molecule has 0 saturated carbocycles. The van der Waals surface area contributed by atoms with E-state index < -0.39 is 0 Å². The molecular formula is C29H37ClN5O2+. The number of benzene rings is 2. The fourth-order valence-electron chi connectivity index (χ4n) is 5.56. The number of nitrogen functional groups attached to an aromatic ring is 2. The van der Waals surface area contributed by atoms with Gasteiger partial charge in [0.25, 0.3) is 0 Å². The molecule has 1 fully saturated rings. The van der Waals surface area contributed by atoms with Crippen molar-refractivity contribution >= 4 is 29.0 Å². The number of aromatic nitrogens is 2. The van der Waals surface area contributed by atoms with E-state index in [9.17, 15) is 4.79 Å². The maximum Gasteiger partial charge on any atom is 0.185 e. The molecule has 3 aromatic rings. The summed E-state index contributed by atoms with van der Waals surface area (Å²) in [4.78, 5) is 21.3. The van der Waals surface area contributed by atoms with Gasteiger partial charge in [-0.25, -0.2) is 9.97 Å². The number of methoxy groups -OCH3 is 1. The summed E-state index contributed by atoms with van der Waals surface area (Å²) < 4.78 is 6.31. The lowest BCUT2D eigenvalue weighted by atomic mass is 9.89. The molecule has 0 bridgehead atoms. The van der Waals surface area contributed by atoms with Gasteiger partial charge in [-0.1, -0.05) is 54.1 Å². The van der Waals surface area contributed by atoms with Crippen molar-refractivity contribution in [2.45, 2.75) is 38.5 Å². The van der Waals surface area contributed by atoms with Crippen LogP contribution in [0.25, 0.3) is 0 Å². The van der Waals surface area contributed by atoms with Gasteiger partial charge in [0.15, 0.2) is 22.6 Å². The van der Waals surface area contributed by atoms with E-state index in [1.54, 1.807) is 7.11 Å². The number of nitrogens with two attached hydrogens (primary N) is 2. The van der Waals surface area contributed by atoms with Gasteiger partial charge in [-0.15, -0.1) is 0 Å². The molecule has 0 radical (unpaired) electrons. The van der Waals surface area contributed by atoms with Crippen LogP contribution < -0.4 is 16.2 Å². The highest BCUT2D eigenvalue weighted by Gasteiger charge is 2.36. The van der Waals surface area contributed by atoms with Crippen LogP contribution in [0.4, 0.5) is 11.6 Å². The number of anilines is 2. The fourth-order valence-corrected chi connectivity index (χ4v) is 5.68. The first-order chi connectivity index (χ1) is 17.9. The largest absolute Gasteiger partial charge is 0.497 e. The van der Waals surface area contributed by atoms with Gasteiger partial charge in [0.1, 0.15) is 11.4 Å². The molecule has 7 nitrogen and oxygen atoms in total. The van der Waals surface area contributed by atoms with Gasteiger partial charge in [0, 0.05) is 25.2 Å². The van der Waals surface area contributed by atoms with Crippen LogP contribution in [0.5, 0.6) is 5.75 Å². The summed E-state index contributed by atoms with van der Waals surface area (Å²) in [6, 6.07) is 19.0. The number of ether oxygens (including phenoxy) is 1. The van der Waals surface area contributed by atoms with Gasteiger partial charge in [-0.05, 0) is 42.5 Å². The summed E-state index contributed by atoms with van der Waals surface area (Å²) in [6.45, 7) is 4.25. The van der Waals surface area contributed by atoms with E-state index in [1.807, 2.05) is 12.1 Å². The molecule has 0 amide bonds. The summed E-state index contributed by atoms with van der Waals surface area (Å²) in [5, 5.41) is 0.0210. The van der Waals surface area contributed by atoms with E-state index in [1.165, 1.54) is 11.1 Å². The van der Waals surface area contributed by atoms with Crippen molar-refractivity contribution in [3.05, 3.63) is 76.6 Å². The first-order valence-electron chi connectivity index (χ1n) is 13.0. The molecule has 0 aliphatic carbocycles. The number of rotatable bonds is 11. The molecule has 2 unspecified atom stereocenters. The Kier molecular flexibility index (Phi) is 9.00. The van der Waals surface area contributed by atoms with Crippen molar-refractivity contribution in [2.75, 3.05) is 44.8 Å². The molecule has 4 rings (SSSR count). The zero-order valence-electron chi connectivity index (χ0n) is 21.5. The number of carbonyl (C=O) groups is 1. The number of hydrogen-bond donors (Lipinski definition) is 2. The van der Waals surface area contributed by atoms with Crippen LogP contribution in [-0.4, -0.2) is 53.5 Å². The highest BCUT2D eigenvalue weighted by atomic mass is 35.5.